The highest BCUT2D eigenvalue weighted by Gasteiger charge is 2.22. The SMILES string of the molecule is COc1ccc(Cl)cc1NCC(=O)S(=O)c1ncccc1C(=O)O. The topological polar surface area (TPSA) is 106 Å². The van der Waals surface area contributed by atoms with Gasteiger partial charge < -0.3 is 15.2 Å². The molecule has 1 aromatic carbocycles. The second-order valence-electron chi connectivity index (χ2n) is 4.50. The Morgan fingerprint density at radius 2 is 2.12 bits per heavy atom. The van der Waals surface area contributed by atoms with Crippen LogP contribution in [0.2, 0.25) is 5.02 Å². The number of halogens is 1. The number of anilines is 1. The molecule has 0 aliphatic rings. The van der Waals surface area contributed by atoms with Gasteiger partial charge >= 0.3 is 5.97 Å². The fourth-order valence-corrected chi connectivity index (χ4v) is 2.96. The molecule has 9 heteroatoms. The van der Waals surface area contributed by atoms with Crippen LogP contribution >= 0.6 is 11.6 Å². The average molecular weight is 369 g/mol. The summed E-state index contributed by atoms with van der Waals surface area (Å²) in [6.07, 6.45) is 1.28. The molecule has 126 valence electrons. The van der Waals surface area contributed by atoms with Crippen LogP contribution in [0.5, 0.6) is 5.75 Å². The number of pyridine rings is 1. The zero-order chi connectivity index (χ0) is 17.7. The Kier molecular flexibility index (Phi) is 5.88. The minimum Gasteiger partial charge on any atom is -0.495 e. The predicted octanol–water partition coefficient (Wildman–Crippen LogP) is 2.19. The third-order valence-electron chi connectivity index (χ3n) is 2.97. The predicted molar refractivity (Wildman–Crippen MR) is 89.1 cm³/mol. The van der Waals surface area contributed by atoms with Gasteiger partial charge in [-0.15, -0.1) is 0 Å². The Hall–Kier alpha value is -2.45. The lowest BCUT2D eigenvalue weighted by Gasteiger charge is -2.11. The number of carboxylic acids is 1. The van der Waals surface area contributed by atoms with Gasteiger partial charge in [-0.25, -0.2) is 14.0 Å². The van der Waals surface area contributed by atoms with Crippen LogP contribution in [0.25, 0.3) is 0 Å². The molecule has 0 amide bonds. The summed E-state index contributed by atoms with van der Waals surface area (Å²) < 4.78 is 17.4. The number of hydrogen-bond donors (Lipinski definition) is 2. The summed E-state index contributed by atoms with van der Waals surface area (Å²) in [5, 5.41) is 11.3. The first-order chi connectivity index (χ1) is 11.4. The number of methoxy groups -OCH3 is 1. The summed E-state index contributed by atoms with van der Waals surface area (Å²) in [7, 11) is -0.755. The molecule has 0 aliphatic heterocycles. The smallest absolute Gasteiger partial charge is 0.338 e. The molecule has 0 bridgehead atoms. The van der Waals surface area contributed by atoms with E-state index < -0.39 is 21.9 Å². The monoisotopic (exact) mass is 368 g/mol. The quantitative estimate of drug-likeness (QED) is 0.804. The number of hydrogen-bond acceptors (Lipinski definition) is 6. The van der Waals surface area contributed by atoms with Crippen molar-refractivity contribution in [2.75, 3.05) is 19.0 Å². The molecule has 24 heavy (non-hydrogen) atoms. The number of ether oxygens (including phenoxy) is 1. The van der Waals surface area contributed by atoms with E-state index in [0.717, 1.165) is 0 Å². The molecule has 1 aromatic heterocycles. The molecule has 0 fully saturated rings. The van der Waals surface area contributed by atoms with E-state index in [0.29, 0.717) is 16.5 Å². The summed E-state index contributed by atoms with van der Waals surface area (Å²) in [5.74, 6) is -0.842. The van der Waals surface area contributed by atoms with Gasteiger partial charge in [0, 0.05) is 11.2 Å². The molecule has 0 spiro atoms. The van der Waals surface area contributed by atoms with Crippen LogP contribution in [0.15, 0.2) is 41.6 Å². The molecule has 1 unspecified atom stereocenters. The number of aromatic carboxylic acids is 1. The first kappa shape index (κ1) is 17.9. The van der Waals surface area contributed by atoms with Crippen molar-refractivity contribution in [1.82, 2.24) is 4.98 Å². The van der Waals surface area contributed by atoms with Crippen LogP contribution in [-0.4, -0.2) is 39.0 Å². The summed E-state index contributed by atoms with van der Waals surface area (Å²) in [6.45, 7) is -0.307. The van der Waals surface area contributed by atoms with E-state index in [-0.39, 0.29) is 17.1 Å². The van der Waals surface area contributed by atoms with Crippen LogP contribution in [0.3, 0.4) is 0 Å². The molecular formula is C15H13ClN2O5S. The van der Waals surface area contributed by atoms with Crippen LogP contribution in [-0.2, 0) is 15.6 Å². The Morgan fingerprint density at radius 1 is 1.38 bits per heavy atom. The lowest BCUT2D eigenvalue weighted by Crippen LogP contribution is -2.21. The summed E-state index contributed by atoms with van der Waals surface area (Å²) >= 11 is 5.89. The number of carbonyl (C=O) groups is 2. The molecular weight excluding hydrogens is 356 g/mol. The lowest BCUT2D eigenvalue weighted by molar-refractivity contribution is -0.109. The van der Waals surface area contributed by atoms with E-state index in [1.165, 1.54) is 25.4 Å². The van der Waals surface area contributed by atoms with Gasteiger partial charge in [-0.2, -0.15) is 0 Å². The van der Waals surface area contributed by atoms with Crippen LogP contribution in [0.1, 0.15) is 10.4 Å². The number of rotatable bonds is 6. The standard InChI is InChI=1S/C15H13ClN2O5S/c1-23-12-5-4-9(16)7-11(12)18-8-13(19)24(22)14-10(15(20)21)3-2-6-17-14/h2-7,18H,8H2,1H3,(H,20,21). The van der Waals surface area contributed by atoms with Crippen molar-refractivity contribution in [3.05, 3.63) is 47.1 Å². The first-order valence-corrected chi connectivity index (χ1v) is 8.17. The molecule has 0 saturated heterocycles. The highest BCUT2D eigenvalue weighted by atomic mass is 35.5. The maximum absolute atomic E-state index is 12.3. The van der Waals surface area contributed by atoms with E-state index in [1.54, 1.807) is 18.2 Å². The van der Waals surface area contributed by atoms with Gasteiger partial charge in [0.25, 0.3) is 0 Å². The zero-order valence-electron chi connectivity index (χ0n) is 12.5. The van der Waals surface area contributed by atoms with Crippen molar-refractivity contribution in [2.24, 2.45) is 0 Å². The fourth-order valence-electron chi connectivity index (χ4n) is 1.86. The summed E-state index contributed by atoms with van der Waals surface area (Å²) in [5.41, 5.74) is 0.180. The van der Waals surface area contributed by atoms with Crippen molar-refractivity contribution in [3.63, 3.8) is 0 Å². The largest absolute Gasteiger partial charge is 0.495 e. The van der Waals surface area contributed by atoms with Crippen molar-refractivity contribution < 1.29 is 23.6 Å². The van der Waals surface area contributed by atoms with Gasteiger partial charge in [-0.3, -0.25) is 4.79 Å². The van der Waals surface area contributed by atoms with Gasteiger partial charge in [0.2, 0.25) is 5.12 Å². The highest BCUT2D eigenvalue weighted by Crippen LogP contribution is 2.27. The molecule has 0 radical (unpaired) electrons. The minimum absolute atomic E-state index is 0.274. The normalized spacial score (nSPS) is 11.6. The van der Waals surface area contributed by atoms with Gasteiger partial charge in [-0.05, 0) is 30.3 Å². The Morgan fingerprint density at radius 3 is 2.79 bits per heavy atom. The maximum atomic E-state index is 12.3. The highest BCUT2D eigenvalue weighted by molar-refractivity contribution is 8.00. The van der Waals surface area contributed by atoms with E-state index in [4.69, 9.17) is 21.4 Å². The molecule has 2 aromatic rings. The van der Waals surface area contributed by atoms with Crippen molar-refractivity contribution >= 4 is 39.2 Å². The molecule has 7 nitrogen and oxygen atoms in total. The van der Waals surface area contributed by atoms with E-state index in [9.17, 15) is 13.8 Å². The first-order valence-electron chi connectivity index (χ1n) is 6.64. The van der Waals surface area contributed by atoms with E-state index >= 15 is 0 Å². The minimum atomic E-state index is -2.21. The molecule has 1 atom stereocenters. The Labute approximate surface area is 145 Å². The second-order valence-corrected chi connectivity index (χ2v) is 6.32. The zero-order valence-corrected chi connectivity index (χ0v) is 14.1. The summed E-state index contributed by atoms with van der Waals surface area (Å²) in [6, 6.07) is 7.43. The third-order valence-corrected chi connectivity index (χ3v) is 4.44. The number of carboxylic acid groups (broad SMARTS) is 1. The number of nitrogens with zero attached hydrogens (tertiary/aromatic N) is 1. The van der Waals surface area contributed by atoms with Crippen molar-refractivity contribution in [2.45, 2.75) is 5.03 Å². The average Bonchev–Trinajstić information content (AvgIpc) is 2.59. The lowest BCUT2D eigenvalue weighted by atomic mass is 10.3. The van der Waals surface area contributed by atoms with Crippen LogP contribution in [0.4, 0.5) is 5.69 Å². The van der Waals surface area contributed by atoms with Crippen LogP contribution in [0, 0.1) is 0 Å². The molecule has 0 saturated carbocycles. The van der Waals surface area contributed by atoms with Gasteiger partial charge in [-0.1, -0.05) is 11.6 Å². The van der Waals surface area contributed by atoms with Crippen LogP contribution < -0.4 is 10.1 Å². The third kappa shape index (κ3) is 4.09. The Balaban J connectivity index is 2.15. The summed E-state index contributed by atoms with van der Waals surface area (Å²) in [4.78, 5) is 27.0. The molecule has 2 N–H and O–H groups in total. The number of aromatic nitrogens is 1. The van der Waals surface area contributed by atoms with Gasteiger partial charge in [0.05, 0.1) is 24.9 Å². The number of benzene rings is 1. The van der Waals surface area contributed by atoms with Gasteiger partial charge in [0.15, 0.2) is 0 Å². The second kappa shape index (κ2) is 7.89. The molecule has 1 heterocycles. The van der Waals surface area contributed by atoms with E-state index in [1.807, 2.05) is 0 Å². The fraction of sp³-hybridized carbons (Fsp3) is 0.133. The Bertz CT molecular complexity index is 812. The van der Waals surface area contributed by atoms with Crippen molar-refractivity contribution in [3.8, 4) is 5.75 Å². The number of nitrogens with one attached hydrogen (secondary N) is 1. The molecule has 2 rings (SSSR count). The maximum Gasteiger partial charge on any atom is 0.338 e. The van der Waals surface area contributed by atoms with E-state index in [2.05, 4.69) is 10.3 Å². The molecule has 0 aliphatic carbocycles. The van der Waals surface area contributed by atoms with Crippen molar-refractivity contribution in [1.29, 1.82) is 0 Å². The number of carbonyl (C=O) groups excluding carboxylic acids is 1. The van der Waals surface area contributed by atoms with Gasteiger partial charge in [0.1, 0.15) is 21.6 Å².